The number of benzene rings is 2. The summed E-state index contributed by atoms with van der Waals surface area (Å²) >= 11 is 0. The van der Waals surface area contributed by atoms with Gasteiger partial charge in [0.25, 0.3) is 0 Å². The lowest BCUT2D eigenvalue weighted by molar-refractivity contribution is 0.0635. The molecule has 0 aliphatic carbocycles. The van der Waals surface area contributed by atoms with E-state index in [-0.39, 0.29) is 0 Å². The molecule has 0 saturated heterocycles. The predicted molar refractivity (Wildman–Crippen MR) is 134 cm³/mol. The van der Waals surface area contributed by atoms with E-state index in [1.54, 1.807) is 0 Å². The van der Waals surface area contributed by atoms with Crippen LogP contribution in [-0.2, 0) is 5.60 Å². The average Bonchev–Trinajstić information content (AvgIpc) is 2.74. The standard InChI is InChI=1S/C28H43NO3/c1-7-31-26-14-10-24(11-15-26)28(30,25-12-16-27(17-13-25)32-8-2)18-9-19-29(20-22(3)4)21-23(5)6/h10-17,22-23,30H,7-9,18-21H2,1-6H3. The third-order valence-corrected chi connectivity index (χ3v) is 5.55. The second-order valence-corrected chi connectivity index (χ2v) is 9.43. The molecule has 0 amide bonds. The van der Waals surface area contributed by atoms with Crippen LogP contribution in [0.25, 0.3) is 0 Å². The lowest BCUT2D eigenvalue weighted by Gasteiger charge is -2.32. The molecule has 0 aliphatic rings. The zero-order valence-corrected chi connectivity index (χ0v) is 20.9. The first-order valence-corrected chi connectivity index (χ1v) is 12.2. The fourth-order valence-electron chi connectivity index (χ4n) is 4.29. The Morgan fingerprint density at radius 1 is 0.750 bits per heavy atom. The molecule has 4 heteroatoms. The molecule has 0 fully saturated rings. The molecular formula is C28H43NO3. The Kier molecular flexibility index (Phi) is 10.5. The first-order valence-electron chi connectivity index (χ1n) is 12.2. The maximum absolute atomic E-state index is 12.0. The van der Waals surface area contributed by atoms with Crippen LogP contribution in [0.15, 0.2) is 48.5 Å². The van der Waals surface area contributed by atoms with E-state index >= 15 is 0 Å². The minimum atomic E-state index is -1.06. The van der Waals surface area contributed by atoms with E-state index in [0.29, 0.717) is 31.5 Å². The van der Waals surface area contributed by atoms with Gasteiger partial charge in [-0.25, -0.2) is 0 Å². The molecule has 0 spiro atoms. The lowest BCUT2D eigenvalue weighted by Crippen LogP contribution is -2.34. The summed E-state index contributed by atoms with van der Waals surface area (Å²) in [5.74, 6) is 2.91. The molecule has 2 aromatic carbocycles. The Bertz CT molecular complexity index is 709. The number of aliphatic hydroxyl groups is 1. The van der Waals surface area contributed by atoms with Gasteiger partial charge in [0, 0.05) is 13.1 Å². The smallest absolute Gasteiger partial charge is 0.119 e. The van der Waals surface area contributed by atoms with Crippen LogP contribution in [0.3, 0.4) is 0 Å². The van der Waals surface area contributed by atoms with Crippen LogP contribution in [0.5, 0.6) is 11.5 Å². The van der Waals surface area contributed by atoms with Crippen LogP contribution < -0.4 is 9.47 Å². The van der Waals surface area contributed by atoms with E-state index in [9.17, 15) is 5.11 Å². The highest BCUT2D eigenvalue weighted by Crippen LogP contribution is 2.36. The maximum atomic E-state index is 12.0. The van der Waals surface area contributed by atoms with Crippen molar-refractivity contribution in [3.63, 3.8) is 0 Å². The Hall–Kier alpha value is -2.04. The van der Waals surface area contributed by atoms with Crippen molar-refractivity contribution in [2.45, 2.75) is 60.0 Å². The van der Waals surface area contributed by atoms with Crippen molar-refractivity contribution in [2.24, 2.45) is 11.8 Å². The monoisotopic (exact) mass is 441 g/mol. The minimum absolute atomic E-state index is 0.629. The molecule has 0 unspecified atom stereocenters. The van der Waals surface area contributed by atoms with Crippen molar-refractivity contribution in [3.05, 3.63) is 59.7 Å². The average molecular weight is 442 g/mol. The van der Waals surface area contributed by atoms with Crippen LogP contribution in [-0.4, -0.2) is 42.9 Å². The largest absolute Gasteiger partial charge is 0.494 e. The summed E-state index contributed by atoms with van der Waals surface area (Å²) in [7, 11) is 0. The minimum Gasteiger partial charge on any atom is -0.494 e. The molecule has 0 saturated carbocycles. The molecule has 0 bridgehead atoms. The predicted octanol–water partition coefficient (Wildman–Crippen LogP) is 6.11. The molecular weight excluding hydrogens is 398 g/mol. The summed E-state index contributed by atoms with van der Waals surface area (Å²) in [6.45, 7) is 17.4. The van der Waals surface area contributed by atoms with Crippen LogP contribution >= 0.6 is 0 Å². The Morgan fingerprint density at radius 2 is 1.16 bits per heavy atom. The zero-order chi connectivity index (χ0) is 23.6. The van der Waals surface area contributed by atoms with Crippen LogP contribution in [0, 0.1) is 11.8 Å². The molecule has 0 aliphatic heterocycles. The van der Waals surface area contributed by atoms with Crippen molar-refractivity contribution in [2.75, 3.05) is 32.8 Å². The molecule has 0 heterocycles. The number of hydrogen-bond acceptors (Lipinski definition) is 4. The third-order valence-electron chi connectivity index (χ3n) is 5.55. The van der Waals surface area contributed by atoms with E-state index in [2.05, 4.69) is 32.6 Å². The van der Waals surface area contributed by atoms with E-state index < -0.39 is 5.60 Å². The number of nitrogens with zero attached hydrogens (tertiary/aromatic N) is 1. The molecule has 0 radical (unpaired) electrons. The van der Waals surface area contributed by atoms with Crippen LogP contribution in [0.2, 0.25) is 0 Å². The lowest BCUT2D eigenvalue weighted by atomic mass is 9.82. The van der Waals surface area contributed by atoms with Gasteiger partial charge in [-0.2, -0.15) is 0 Å². The molecule has 2 rings (SSSR count). The fraction of sp³-hybridized carbons (Fsp3) is 0.571. The summed E-state index contributed by atoms with van der Waals surface area (Å²) in [6.07, 6.45) is 1.57. The van der Waals surface area contributed by atoms with Gasteiger partial charge in [0.15, 0.2) is 0 Å². The van der Waals surface area contributed by atoms with Crippen molar-refractivity contribution in [3.8, 4) is 11.5 Å². The van der Waals surface area contributed by atoms with Gasteiger partial charge in [0.1, 0.15) is 17.1 Å². The highest BCUT2D eigenvalue weighted by Gasteiger charge is 2.31. The van der Waals surface area contributed by atoms with Gasteiger partial charge < -0.3 is 19.5 Å². The highest BCUT2D eigenvalue weighted by atomic mass is 16.5. The Balaban J connectivity index is 2.25. The van der Waals surface area contributed by atoms with Gasteiger partial charge in [0.05, 0.1) is 13.2 Å². The molecule has 2 aromatic rings. The number of hydrogen-bond donors (Lipinski definition) is 1. The van der Waals surface area contributed by atoms with Crippen LogP contribution in [0.4, 0.5) is 0 Å². The number of rotatable bonds is 14. The van der Waals surface area contributed by atoms with Crippen molar-refractivity contribution >= 4 is 0 Å². The first-order chi connectivity index (χ1) is 15.3. The summed E-state index contributed by atoms with van der Waals surface area (Å²) in [5.41, 5.74) is 0.727. The summed E-state index contributed by atoms with van der Waals surface area (Å²) in [6, 6.07) is 15.7. The second-order valence-electron chi connectivity index (χ2n) is 9.43. The zero-order valence-electron chi connectivity index (χ0n) is 20.9. The Labute approximate surface area is 195 Å². The maximum Gasteiger partial charge on any atom is 0.119 e. The summed E-state index contributed by atoms with van der Waals surface area (Å²) in [5, 5.41) is 12.0. The van der Waals surface area contributed by atoms with Gasteiger partial charge in [-0.15, -0.1) is 0 Å². The highest BCUT2D eigenvalue weighted by molar-refractivity contribution is 5.40. The van der Waals surface area contributed by atoms with Crippen molar-refractivity contribution < 1.29 is 14.6 Å². The second kappa shape index (κ2) is 12.9. The molecule has 178 valence electrons. The number of ether oxygens (including phenoxy) is 2. The first kappa shape index (κ1) is 26.2. The van der Waals surface area contributed by atoms with Crippen molar-refractivity contribution in [1.29, 1.82) is 0 Å². The molecule has 4 nitrogen and oxygen atoms in total. The van der Waals surface area contributed by atoms with E-state index in [0.717, 1.165) is 48.7 Å². The van der Waals surface area contributed by atoms with Gasteiger partial charge in [0.2, 0.25) is 0 Å². The quantitative estimate of drug-likeness (QED) is 0.384. The van der Waals surface area contributed by atoms with E-state index in [1.165, 1.54) is 0 Å². The van der Waals surface area contributed by atoms with Gasteiger partial charge in [-0.1, -0.05) is 52.0 Å². The summed E-state index contributed by atoms with van der Waals surface area (Å²) < 4.78 is 11.2. The topological polar surface area (TPSA) is 41.9 Å². The van der Waals surface area contributed by atoms with E-state index in [4.69, 9.17) is 9.47 Å². The Morgan fingerprint density at radius 3 is 1.50 bits per heavy atom. The third kappa shape index (κ3) is 7.83. The van der Waals surface area contributed by atoms with E-state index in [1.807, 2.05) is 62.4 Å². The normalized spacial score (nSPS) is 12.1. The molecule has 1 N–H and O–H groups in total. The SMILES string of the molecule is CCOc1ccc(C(O)(CCCN(CC(C)C)CC(C)C)c2ccc(OCC)cc2)cc1. The molecule has 0 atom stereocenters. The molecule has 32 heavy (non-hydrogen) atoms. The van der Waals surface area contributed by atoms with Gasteiger partial charge >= 0.3 is 0 Å². The fourth-order valence-corrected chi connectivity index (χ4v) is 4.29. The van der Waals surface area contributed by atoms with Crippen LogP contribution in [0.1, 0.15) is 65.5 Å². The van der Waals surface area contributed by atoms with Gasteiger partial charge in [-0.05, 0) is 80.5 Å². The van der Waals surface area contributed by atoms with Gasteiger partial charge in [-0.3, -0.25) is 0 Å². The molecule has 0 aromatic heterocycles. The summed E-state index contributed by atoms with van der Waals surface area (Å²) in [4.78, 5) is 2.53. The van der Waals surface area contributed by atoms with Crippen molar-refractivity contribution in [1.82, 2.24) is 4.90 Å².